The monoisotopic (exact) mass is 256 g/mol. The Hall–Kier alpha value is 0.0400. The Morgan fingerprint density at radius 3 is 1.94 bits per heavy atom. The Morgan fingerprint density at radius 2 is 1.44 bits per heavy atom. The molecule has 0 atom stereocenters. The minimum Gasteiger partial charge on any atom is -0.297 e. The van der Waals surface area contributed by atoms with Crippen molar-refractivity contribution in [2.75, 3.05) is 11.5 Å². The van der Waals surface area contributed by atoms with Crippen LogP contribution in [0.3, 0.4) is 0 Å². The average Bonchev–Trinajstić information content (AvgIpc) is 2.25. The van der Waals surface area contributed by atoms with Gasteiger partial charge in [0.1, 0.15) is 0 Å². The highest BCUT2D eigenvalue weighted by Crippen LogP contribution is 2.51. The molecular formula is C12H16O2S2. The lowest BCUT2D eigenvalue weighted by Crippen LogP contribution is -2.48. The number of carbonyl (C=O) groups is 2. The third kappa shape index (κ3) is 1.65. The number of hydrogen-bond acceptors (Lipinski definition) is 4. The zero-order valence-corrected chi connectivity index (χ0v) is 10.9. The highest BCUT2D eigenvalue weighted by molar-refractivity contribution is 8.21. The Kier molecular flexibility index (Phi) is 2.83. The second kappa shape index (κ2) is 4.05. The van der Waals surface area contributed by atoms with Crippen molar-refractivity contribution in [1.82, 2.24) is 0 Å². The van der Waals surface area contributed by atoms with Crippen LogP contribution in [0.2, 0.25) is 0 Å². The third-order valence-electron chi connectivity index (χ3n) is 3.91. The summed E-state index contributed by atoms with van der Waals surface area (Å²) in [5, 5.41) is 0. The highest BCUT2D eigenvalue weighted by atomic mass is 32.2. The number of carbonyl (C=O) groups excluding carboxylic acids is 2. The predicted octanol–water partition coefficient (Wildman–Crippen LogP) is 2.51. The van der Waals surface area contributed by atoms with Gasteiger partial charge in [-0.2, -0.15) is 0 Å². The molecule has 0 N–H and O–H groups in total. The maximum Gasteiger partial charge on any atom is 0.178 e. The van der Waals surface area contributed by atoms with Gasteiger partial charge in [-0.1, -0.05) is 0 Å². The fraction of sp³-hybridized carbons (Fsp3) is 0.833. The maximum atomic E-state index is 12.3. The van der Waals surface area contributed by atoms with Gasteiger partial charge in [-0.15, -0.1) is 23.5 Å². The van der Waals surface area contributed by atoms with Crippen molar-refractivity contribution >= 4 is 35.1 Å². The summed E-state index contributed by atoms with van der Waals surface area (Å²) in [4.78, 5) is 24.7. The summed E-state index contributed by atoms with van der Waals surface area (Å²) >= 11 is 3.22. The van der Waals surface area contributed by atoms with Gasteiger partial charge in [0, 0.05) is 12.8 Å². The van der Waals surface area contributed by atoms with E-state index in [1.807, 2.05) is 0 Å². The molecule has 4 heteroatoms. The highest BCUT2D eigenvalue weighted by Gasteiger charge is 2.52. The molecule has 1 saturated heterocycles. The Labute approximate surface area is 104 Å². The van der Waals surface area contributed by atoms with Gasteiger partial charge in [0.05, 0.1) is 0 Å². The molecular weight excluding hydrogens is 240 g/mol. The minimum atomic E-state index is -0.685. The molecule has 1 spiro atoms. The number of hydrogen-bond donors (Lipinski definition) is 0. The van der Waals surface area contributed by atoms with Crippen LogP contribution in [-0.2, 0) is 9.59 Å². The molecule has 4 fully saturated rings. The largest absolute Gasteiger partial charge is 0.297 e. The molecule has 3 aliphatic carbocycles. The van der Waals surface area contributed by atoms with E-state index in [0.29, 0.717) is 24.7 Å². The van der Waals surface area contributed by atoms with Crippen molar-refractivity contribution in [2.45, 2.75) is 36.2 Å². The predicted molar refractivity (Wildman–Crippen MR) is 67.7 cm³/mol. The van der Waals surface area contributed by atoms with Crippen molar-refractivity contribution in [2.24, 2.45) is 11.8 Å². The fourth-order valence-electron chi connectivity index (χ4n) is 3.01. The summed E-state index contributed by atoms with van der Waals surface area (Å²) in [5.41, 5.74) is 0. The first-order chi connectivity index (χ1) is 7.71. The molecule has 0 aromatic heterocycles. The lowest BCUT2D eigenvalue weighted by molar-refractivity contribution is -0.131. The molecule has 0 aromatic carbocycles. The standard InChI is InChI=1S/C12H16O2S2/c13-10-6-8-4-9(5-8)7-11(14)12(10)15-2-1-3-16-12/h8-9H,1-7H2. The smallest absolute Gasteiger partial charge is 0.178 e. The summed E-state index contributed by atoms with van der Waals surface area (Å²) in [6.07, 6.45) is 4.67. The van der Waals surface area contributed by atoms with Gasteiger partial charge in [-0.25, -0.2) is 0 Å². The van der Waals surface area contributed by atoms with Gasteiger partial charge in [-0.3, -0.25) is 9.59 Å². The molecule has 2 bridgehead atoms. The number of thioether (sulfide) groups is 2. The molecule has 88 valence electrons. The van der Waals surface area contributed by atoms with Crippen LogP contribution >= 0.6 is 23.5 Å². The van der Waals surface area contributed by atoms with Crippen LogP contribution in [0.5, 0.6) is 0 Å². The van der Waals surface area contributed by atoms with Crippen LogP contribution in [0.15, 0.2) is 0 Å². The summed E-state index contributed by atoms with van der Waals surface area (Å²) in [6.45, 7) is 0. The van der Waals surface area contributed by atoms with Crippen LogP contribution in [0.4, 0.5) is 0 Å². The zero-order valence-electron chi connectivity index (χ0n) is 9.24. The Bertz CT molecular complexity index is 304. The van der Waals surface area contributed by atoms with Gasteiger partial charge in [0.25, 0.3) is 0 Å². The van der Waals surface area contributed by atoms with Gasteiger partial charge in [-0.05, 0) is 42.6 Å². The van der Waals surface area contributed by atoms with E-state index in [4.69, 9.17) is 0 Å². The topological polar surface area (TPSA) is 34.1 Å². The fourth-order valence-corrected chi connectivity index (χ4v) is 6.16. The van der Waals surface area contributed by atoms with Gasteiger partial charge in [0.15, 0.2) is 15.6 Å². The summed E-state index contributed by atoms with van der Waals surface area (Å²) in [7, 11) is 0. The molecule has 0 radical (unpaired) electrons. The van der Waals surface area contributed by atoms with Crippen LogP contribution in [-0.4, -0.2) is 27.2 Å². The minimum absolute atomic E-state index is 0.218. The van der Waals surface area contributed by atoms with Gasteiger partial charge >= 0.3 is 0 Å². The quantitative estimate of drug-likeness (QED) is 0.624. The molecule has 0 amide bonds. The molecule has 3 saturated carbocycles. The number of ketones is 2. The average molecular weight is 256 g/mol. The van der Waals surface area contributed by atoms with E-state index in [1.54, 1.807) is 23.5 Å². The maximum absolute atomic E-state index is 12.3. The summed E-state index contributed by atoms with van der Waals surface area (Å²) < 4.78 is -0.685. The van der Waals surface area contributed by atoms with E-state index in [-0.39, 0.29) is 11.6 Å². The van der Waals surface area contributed by atoms with Crippen molar-refractivity contribution in [1.29, 1.82) is 0 Å². The lowest BCUT2D eigenvalue weighted by atomic mass is 9.68. The lowest BCUT2D eigenvalue weighted by Gasteiger charge is -2.43. The number of fused-ring (bicyclic) bond motifs is 2. The van der Waals surface area contributed by atoms with E-state index < -0.39 is 4.08 Å². The van der Waals surface area contributed by atoms with Crippen molar-refractivity contribution < 1.29 is 9.59 Å². The Balaban J connectivity index is 1.88. The van der Waals surface area contributed by atoms with E-state index in [2.05, 4.69) is 0 Å². The van der Waals surface area contributed by atoms with Crippen molar-refractivity contribution in [3.05, 3.63) is 0 Å². The molecule has 1 heterocycles. The van der Waals surface area contributed by atoms with Gasteiger partial charge in [0.2, 0.25) is 0 Å². The van der Waals surface area contributed by atoms with Crippen LogP contribution in [0, 0.1) is 11.8 Å². The molecule has 2 nitrogen and oxygen atoms in total. The molecule has 0 unspecified atom stereocenters. The van der Waals surface area contributed by atoms with E-state index in [9.17, 15) is 9.59 Å². The first kappa shape index (κ1) is 11.1. The molecule has 4 aliphatic rings. The normalized spacial score (nSPS) is 37.8. The number of Topliss-reactive ketones (excluding diaryl/α,β-unsaturated/α-hetero) is 2. The molecule has 1 aliphatic heterocycles. The zero-order chi connectivity index (χ0) is 11.2. The van der Waals surface area contributed by atoms with E-state index in [1.165, 1.54) is 0 Å². The first-order valence-corrected chi connectivity index (χ1v) is 8.02. The van der Waals surface area contributed by atoms with Crippen LogP contribution in [0.1, 0.15) is 32.1 Å². The first-order valence-electron chi connectivity index (χ1n) is 6.05. The SMILES string of the molecule is O=C1CC2CC(CC(=O)C13SCCCS3)C2. The Morgan fingerprint density at radius 1 is 0.938 bits per heavy atom. The second-order valence-electron chi connectivity index (χ2n) is 5.13. The molecule has 4 rings (SSSR count). The van der Waals surface area contributed by atoms with E-state index >= 15 is 0 Å². The van der Waals surface area contributed by atoms with Crippen molar-refractivity contribution in [3.8, 4) is 0 Å². The number of rotatable bonds is 0. The molecule has 16 heavy (non-hydrogen) atoms. The molecule has 0 aromatic rings. The van der Waals surface area contributed by atoms with Gasteiger partial charge < -0.3 is 0 Å². The second-order valence-corrected chi connectivity index (χ2v) is 8.00. The van der Waals surface area contributed by atoms with Crippen LogP contribution in [0.25, 0.3) is 0 Å². The third-order valence-corrected chi connectivity index (χ3v) is 7.33. The van der Waals surface area contributed by atoms with Crippen LogP contribution < -0.4 is 0 Å². The summed E-state index contributed by atoms with van der Waals surface area (Å²) in [6, 6.07) is 0. The van der Waals surface area contributed by atoms with E-state index in [0.717, 1.165) is 30.8 Å². The van der Waals surface area contributed by atoms with Crippen molar-refractivity contribution in [3.63, 3.8) is 0 Å². The summed E-state index contributed by atoms with van der Waals surface area (Å²) in [5.74, 6) is 3.56.